The molecule has 0 aliphatic rings. The summed E-state index contributed by atoms with van der Waals surface area (Å²) in [6.07, 6.45) is 0. The van der Waals surface area contributed by atoms with Crippen molar-refractivity contribution in [1.82, 2.24) is 4.90 Å². The average molecular weight is 334 g/mol. The van der Waals surface area contributed by atoms with Crippen LogP contribution in [0.4, 0.5) is 0 Å². The fraction of sp³-hybridized carbons (Fsp3) is 0.118. The number of furan rings is 1. The van der Waals surface area contributed by atoms with Crippen LogP contribution in [-0.2, 0) is 6.54 Å². The Bertz CT molecular complexity index is 824. The van der Waals surface area contributed by atoms with Gasteiger partial charge >= 0.3 is 0 Å². The first kappa shape index (κ1) is 14.9. The van der Waals surface area contributed by atoms with Crippen molar-refractivity contribution in [3.63, 3.8) is 0 Å². The van der Waals surface area contributed by atoms with Crippen LogP contribution in [0.1, 0.15) is 16.1 Å². The van der Waals surface area contributed by atoms with Gasteiger partial charge in [-0.1, -0.05) is 35.3 Å². The minimum Gasteiger partial charge on any atom is -0.451 e. The van der Waals surface area contributed by atoms with Crippen LogP contribution in [0, 0.1) is 0 Å². The molecule has 0 aliphatic heterocycles. The van der Waals surface area contributed by atoms with Crippen LogP contribution < -0.4 is 0 Å². The highest BCUT2D eigenvalue weighted by Crippen LogP contribution is 2.24. The molecule has 1 aromatic heterocycles. The van der Waals surface area contributed by atoms with Gasteiger partial charge in [0, 0.05) is 29.0 Å². The zero-order valence-corrected chi connectivity index (χ0v) is 13.4. The van der Waals surface area contributed by atoms with Crippen molar-refractivity contribution in [2.45, 2.75) is 6.54 Å². The third kappa shape index (κ3) is 3.11. The Balaban J connectivity index is 1.80. The third-order valence-corrected chi connectivity index (χ3v) is 3.86. The summed E-state index contributed by atoms with van der Waals surface area (Å²) >= 11 is 11.8. The molecule has 2 aromatic carbocycles. The van der Waals surface area contributed by atoms with Gasteiger partial charge < -0.3 is 9.32 Å². The zero-order valence-electron chi connectivity index (χ0n) is 11.8. The molecule has 0 bridgehead atoms. The van der Waals surface area contributed by atoms with E-state index in [0.717, 1.165) is 10.9 Å². The Kier molecular flexibility index (Phi) is 4.10. The summed E-state index contributed by atoms with van der Waals surface area (Å²) in [5, 5.41) is 2.10. The fourth-order valence-electron chi connectivity index (χ4n) is 2.24. The Morgan fingerprint density at radius 3 is 2.45 bits per heavy atom. The van der Waals surface area contributed by atoms with Crippen LogP contribution in [0.3, 0.4) is 0 Å². The van der Waals surface area contributed by atoms with Gasteiger partial charge in [-0.25, -0.2) is 0 Å². The summed E-state index contributed by atoms with van der Waals surface area (Å²) in [5.41, 5.74) is 1.65. The Morgan fingerprint density at radius 2 is 1.73 bits per heavy atom. The summed E-state index contributed by atoms with van der Waals surface area (Å²) in [6, 6.07) is 14.4. The lowest BCUT2D eigenvalue weighted by atomic mass is 10.2. The van der Waals surface area contributed by atoms with Crippen LogP contribution in [0.25, 0.3) is 11.0 Å². The van der Waals surface area contributed by atoms with Gasteiger partial charge in [0.15, 0.2) is 5.76 Å². The van der Waals surface area contributed by atoms with Gasteiger partial charge in [0.05, 0.1) is 0 Å². The van der Waals surface area contributed by atoms with Crippen LogP contribution in [0.15, 0.2) is 52.9 Å². The third-order valence-electron chi connectivity index (χ3n) is 3.37. The van der Waals surface area contributed by atoms with Crippen molar-refractivity contribution < 1.29 is 9.21 Å². The van der Waals surface area contributed by atoms with E-state index in [1.165, 1.54) is 0 Å². The first-order chi connectivity index (χ1) is 10.5. The number of hydrogen-bond acceptors (Lipinski definition) is 2. The summed E-state index contributed by atoms with van der Waals surface area (Å²) in [6.45, 7) is 0.480. The van der Waals surface area contributed by atoms with E-state index in [4.69, 9.17) is 27.6 Å². The quantitative estimate of drug-likeness (QED) is 0.674. The molecule has 0 saturated heterocycles. The smallest absolute Gasteiger partial charge is 0.289 e. The van der Waals surface area contributed by atoms with Gasteiger partial charge in [0.2, 0.25) is 0 Å². The average Bonchev–Trinajstić information content (AvgIpc) is 2.91. The van der Waals surface area contributed by atoms with E-state index in [1.807, 2.05) is 12.1 Å². The lowest BCUT2D eigenvalue weighted by molar-refractivity contribution is 0.0756. The maximum absolute atomic E-state index is 12.4. The minimum atomic E-state index is -0.178. The number of amides is 1. The molecule has 22 heavy (non-hydrogen) atoms. The summed E-state index contributed by atoms with van der Waals surface area (Å²) in [7, 11) is 1.73. The van der Waals surface area contributed by atoms with E-state index in [-0.39, 0.29) is 5.91 Å². The van der Waals surface area contributed by atoms with Crippen LogP contribution in [0.5, 0.6) is 0 Å². The first-order valence-electron chi connectivity index (χ1n) is 6.72. The molecule has 1 heterocycles. The zero-order chi connectivity index (χ0) is 15.7. The Labute approximate surface area is 138 Å². The lowest BCUT2D eigenvalue weighted by Crippen LogP contribution is -2.25. The molecule has 5 heteroatoms. The molecule has 0 aliphatic carbocycles. The molecule has 0 unspecified atom stereocenters. The highest BCUT2D eigenvalue weighted by Gasteiger charge is 2.17. The second kappa shape index (κ2) is 6.03. The molecule has 0 N–H and O–H groups in total. The van der Waals surface area contributed by atoms with Crippen molar-refractivity contribution in [2.24, 2.45) is 0 Å². The molecular formula is C17H13Cl2NO2. The van der Waals surface area contributed by atoms with Gasteiger partial charge in [-0.2, -0.15) is 0 Å². The molecule has 3 rings (SSSR count). The summed E-state index contributed by atoms with van der Waals surface area (Å²) in [4.78, 5) is 14.0. The number of hydrogen-bond donors (Lipinski definition) is 0. The van der Waals surface area contributed by atoms with E-state index in [9.17, 15) is 4.79 Å². The second-order valence-corrected chi connectivity index (χ2v) is 5.95. The van der Waals surface area contributed by atoms with E-state index in [2.05, 4.69) is 0 Å². The molecule has 3 nitrogen and oxygen atoms in total. The molecule has 0 saturated carbocycles. The lowest BCUT2D eigenvalue weighted by Gasteiger charge is -2.15. The monoisotopic (exact) mass is 333 g/mol. The molecular weight excluding hydrogens is 321 g/mol. The second-order valence-electron chi connectivity index (χ2n) is 5.08. The standard InChI is InChI=1S/C17H13Cl2NO2/c1-20(10-11-2-4-13(18)5-3-11)17(21)16-9-12-8-14(19)6-7-15(12)22-16/h2-9H,10H2,1H3. The van der Waals surface area contributed by atoms with Gasteiger partial charge in [0.25, 0.3) is 5.91 Å². The number of benzene rings is 2. The fourth-order valence-corrected chi connectivity index (χ4v) is 2.55. The van der Waals surface area contributed by atoms with E-state index in [0.29, 0.717) is 27.9 Å². The summed E-state index contributed by atoms with van der Waals surface area (Å²) < 4.78 is 5.59. The number of nitrogens with zero attached hydrogens (tertiary/aromatic N) is 1. The molecule has 0 fully saturated rings. The van der Waals surface area contributed by atoms with Crippen LogP contribution in [-0.4, -0.2) is 17.9 Å². The van der Waals surface area contributed by atoms with E-state index < -0.39 is 0 Å². The first-order valence-corrected chi connectivity index (χ1v) is 7.47. The van der Waals surface area contributed by atoms with Gasteiger partial charge in [-0.3, -0.25) is 4.79 Å². The van der Waals surface area contributed by atoms with Crippen molar-refractivity contribution in [2.75, 3.05) is 7.05 Å². The highest BCUT2D eigenvalue weighted by molar-refractivity contribution is 6.31. The van der Waals surface area contributed by atoms with Crippen molar-refractivity contribution >= 4 is 40.1 Å². The van der Waals surface area contributed by atoms with E-state index in [1.54, 1.807) is 48.3 Å². The molecule has 1 amide bonds. The van der Waals surface area contributed by atoms with Crippen LogP contribution >= 0.6 is 23.2 Å². The normalized spacial score (nSPS) is 10.9. The number of fused-ring (bicyclic) bond motifs is 1. The van der Waals surface area contributed by atoms with E-state index >= 15 is 0 Å². The molecule has 112 valence electrons. The summed E-state index contributed by atoms with van der Waals surface area (Å²) in [5.74, 6) is 0.121. The Morgan fingerprint density at radius 1 is 1.05 bits per heavy atom. The van der Waals surface area contributed by atoms with Gasteiger partial charge in [-0.05, 0) is 42.0 Å². The largest absolute Gasteiger partial charge is 0.451 e. The van der Waals surface area contributed by atoms with Crippen molar-refractivity contribution in [3.05, 3.63) is 69.9 Å². The number of rotatable bonds is 3. The van der Waals surface area contributed by atoms with Gasteiger partial charge in [0.1, 0.15) is 5.58 Å². The predicted octanol–water partition coefficient (Wildman–Crippen LogP) is 5.01. The Hall–Kier alpha value is -1.97. The van der Waals surface area contributed by atoms with Crippen molar-refractivity contribution in [3.8, 4) is 0 Å². The number of carbonyl (C=O) groups excluding carboxylic acids is 1. The number of carbonyl (C=O) groups is 1. The molecule has 0 radical (unpaired) electrons. The van der Waals surface area contributed by atoms with Crippen LogP contribution in [0.2, 0.25) is 10.0 Å². The highest BCUT2D eigenvalue weighted by atomic mass is 35.5. The minimum absolute atomic E-state index is 0.178. The SMILES string of the molecule is CN(Cc1ccc(Cl)cc1)C(=O)c1cc2cc(Cl)ccc2o1. The van der Waals surface area contributed by atoms with Gasteiger partial charge in [-0.15, -0.1) is 0 Å². The predicted molar refractivity (Wildman–Crippen MR) is 88.5 cm³/mol. The topological polar surface area (TPSA) is 33.5 Å². The maximum Gasteiger partial charge on any atom is 0.289 e. The van der Waals surface area contributed by atoms with Crippen molar-refractivity contribution in [1.29, 1.82) is 0 Å². The molecule has 3 aromatic rings. The maximum atomic E-state index is 12.4. The number of halogens is 2. The molecule has 0 atom stereocenters. The molecule has 0 spiro atoms.